The lowest BCUT2D eigenvalue weighted by Crippen LogP contribution is -2.17. The van der Waals surface area contributed by atoms with E-state index in [0.29, 0.717) is 6.54 Å². The number of benzene rings is 1. The van der Waals surface area contributed by atoms with E-state index < -0.39 is 0 Å². The van der Waals surface area contributed by atoms with Gasteiger partial charge in [-0.05, 0) is 42.1 Å². The number of rotatable bonds is 6. The van der Waals surface area contributed by atoms with Gasteiger partial charge in [-0.25, -0.2) is 0 Å². The fraction of sp³-hybridized carbons (Fsp3) is 0.353. The number of nitrogens with two attached hydrogens (primary N) is 1. The molecule has 3 rings (SSSR count). The van der Waals surface area contributed by atoms with Crippen LogP contribution in [0.25, 0.3) is 0 Å². The largest absolute Gasteiger partial charge is 0.494 e. The van der Waals surface area contributed by atoms with Crippen molar-refractivity contribution in [1.29, 1.82) is 0 Å². The van der Waals surface area contributed by atoms with E-state index in [1.165, 1.54) is 4.88 Å². The lowest BCUT2D eigenvalue weighted by Gasteiger charge is -2.23. The van der Waals surface area contributed by atoms with E-state index in [9.17, 15) is 0 Å². The third-order valence-corrected chi connectivity index (χ3v) is 4.63. The van der Waals surface area contributed by atoms with Crippen LogP contribution in [0.5, 0.6) is 5.75 Å². The quantitative estimate of drug-likeness (QED) is 0.882. The van der Waals surface area contributed by atoms with Gasteiger partial charge in [0.05, 0.1) is 24.0 Å². The van der Waals surface area contributed by atoms with E-state index in [-0.39, 0.29) is 6.04 Å². The van der Waals surface area contributed by atoms with Gasteiger partial charge in [0.15, 0.2) is 0 Å². The maximum absolute atomic E-state index is 5.79. The van der Waals surface area contributed by atoms with Gasteiger partial charge >= 0.3 is 0 Å². The lowest BCUT2D eigenvalue weighted by molar-refractivity contribution is 0.317. The summed E-state index contributed by atoms with van der Waals surface area (Å²) in [5.41, 5.74) is 7.92. The van der Waals surface area contributed by atoms with E-state index in [1.54, 1.807) is 11.3 Å². The molecular weight excluding hydrogens is 294 g/mol. The maximum Gasteiger partial charge on any atom is 0.119 e. The summed E-state index contributed by atoms with van der Waals surface area (Å²) in [5, 5.41) is 8.88. The van der Waals surface area contributed by atoms with Gasteiger partial charge in [-0.1, -0.05) is 13.0 Å². The van der Waals surface area contributed by atoms with E-state index in [4.69, 9.17) is 15.6 Å². The van der Waals surface area contributed by atoms with E-state index >= 15 is 0 Å². The molecule has 1 aliphatic heterocycles. The minimum absolute atomic E-state index is 0.251. The number of nitrogens with zero attached hydrogens (tertiary/aromatic N) is 2. The fourth-order valence-corrected chi connectivity index (χ4v) is 3.36. The van der Waals surface area contributed by atoms with Crippen LogP contribution in [-0.2, 0) is 0 Å². The fourth-order valence-electron chi connectivity index (χ4n) is 2.55. The summed E-state index contributed by atoms with van der Waals surface area (Å²) in [6.07, 6.45) is 1.91. The summed E-state index contributed by atoms with van der Waals surface area (Å²) < 4.78 is 5.64. The molecule has 1 aliphatic rings. The Morgan fingerprint density at radius 1 is 1.32 bits per heavy atom. The van der Waals surface area contributed by atoms with E-state index in [0.717, 1.165) is 36.6 Å². The zero-order chi connectivity index (χ0) is 15.4. The van der Waals surface area contributed by atoms with Crippen molar-refractivity contribution in [2.75, 3.05) is 18.2 Å². The first kappa shape index (κ1) is 15.1. The third kappa shape index (κ3) is 3.15. The van der Waals surface area contributed by atoms with Crippen LogP contribution in [0.4, 0.5) is 5.69 Å². The molecular formula is C17H21N3OS. The Morgan fingerprint density at radius 2 is 2.14 bits per heavy atom. The topological polar surface area (TPSA) is 50.8 Å². The number of hydrazone groups is 1. The van der Waals surface area contributed by atoms with Crippen LogP contribution in [0.3, 0.4) is 0 Å². The summed E-state index contributed by atoms with van der Waals surface area (Å²) in [6, 6.07) is 12.6. The van der Waals surface area contributed by atoms with Gasteiger partial charge in [0, 0.05) is 17.8 Å². The third-order valence-electron chi connectivity index (χ3n) is 3.65. The van der Waals surface area contributed by atoms with E-state index in [2.05, 4.69) is 41.6 Å². The Labute approximate surface area is 135 Å². The Hall–Kier alpha value is -1.85. The van der Waals surface area contributed by atoms with Crippen LogP contribution >= 0.6 is 11.3 Å². The van der Waals surface area contributed by atoms with Crippen molar-refractivity contribution in [3.05, 3.63) is 46.7 Å². The predicted molar refractivity (Wildman–Crippen MR) is 92.9 cm³/mol. The van der Waals surface area contributed by atoms with Gasteiger partial charge in [0.25, 0.3) is 0 Å². The first-order valence-electron chi connectivity index (χ1n) is 7.63. The molecule has 2 N–H and O–H groups in total. The Kier molecular flexibility index (Phi) is 4.75. The van der Waals surface area contributed by atoms with Crippen molar-refractivity contribution in [2.24, 2.45) is 10.8 Å². The number of anilines is 1. The van der Waals surface area contributed by atoms with Crippen LogP contribution in [0, 0.1) is 0 Å². The number of hydrogen-bond donors (Lipinski definition) is 1. The molecule has 0 radical (unpaired) electrons. The zero-order valence-electron chi connectivity index (χ0n) is 12.7. The molecule has 0 saturated heterocycles. The smallest absolute Gasteiger partial charge is 0.119 e. The first-order valence-corrected chi connectivity index (χ1v) is 8.51. The molecule has 22 heavy (non-hydrogen) atoms. The molecule has 1 aromatic heterocycles. The summed E-state index contributed by atoms with van der Waals surface area (Å²) in [6.45, 7) is 3.36. The highest BCUT2D eigenvalue weighted by Gasteiger charge is 2.29. The highest BCUT2D eigenvalue weighted by atomic mass is 32.1. The van der Waals surface area contributed by atoms with Crippen LogP contribution in [0.15, 0.2) is 46.9 Å². The second-order valence-electron chi connectivity index (χ2n) is 5.29. The molecule has 5 heteroatoms. The molecule has 0 spiro atoms. The van der Waals surface area contributed by atoms with Crippen molar-refractivity contribution in [3.63, 3.8) is 0 Å². The monoisotopic (exact) mass is 315 g/mol. The number of ether oxygens (including phenoxy) is 1. The molecule has 0 bridgehead atoms. The lowest BCUT2D eigenvalue weighted by atomic mass is 10.1. The standard InChI is InChI=1S/C17H21N3OS/c1-2-9-21-15-7-5-14(6-8-15)20-16(11-13(12-18)19-20)17-4-3-10-22-17/h3-8,10,16H,2,9,11-12,18H2,1H3. The SMILES string of the molecule is CCCOc1ccc(N2N=C(CN)CC2c2cccs2)cc1. The van der Waals surface area contributed by atoms with Crippen molar-refractivity contribution in [2.45, 2.75) is 25.8 Å². The van der Waals surface area contributed by atoms with Crippen molar-refractivity contribution in [1.82, 2.24) is 0 Å². The first-order chi connectivity index (χ1) is 10.8. The van der Waals surface area contributed by atoms with Gasteiger partial charge in [-0.2, -0.15) is 5.10 Å². The maximum atomic E-state index is 5.79. The van der Waals surface area contributed by atoms with Crippen molar-refractivity contribution in [3.8, 4) is 5.75 Å². The average Bonchev–Trinajstić information content (AvgIpc) is 3.22. The molecule has 2 aromatic rings. The Bertz CT molecular complexity index is 622. The van der Waals surface area contributed by atoms with Gasteiger partial charge < -0.3 is 10.5 Å². The zero-order valence-corrected chi connectivity index (χ0v) is 13.6. The Morgan fingerprint density at radius 3 is 2.77 bits per heavy atom. The second kappa shape index (κ2) is 6.94. The van der Waals surface area contributed by atoms with Gasteiger partial charge in [-0.15, -0.1) is 11.3 Å². The predicted octanol–water partition coefficient (Wildman–Crippen LogP) is 3.80. The van der Waals surface area contributed by atoms with Gasteiger partial charge in [-0.3, -0.25) is 5.01 Å². The molecule has 4 nitrogen and oxygen atoms in total. The van der Waals surface area contributed by atoms with E-state index in [1.807, 2.05) is 12.1 Å². The van der Waals surface area contributed by atoms with Crippen LogP contribution < -0.4 is 15.5 Å². The molecule has 1 aromatic carbocycles. The highest BCUT2D eigenvalue weighted by molar-refractivity contribution is 7.10. The van der Waals surface area contributed by atoms with Gasteiger partial charge in [0.1, 0.15) is 5.75 Å². The molecule has 0 fully saturated rings. The summed E-state index contributed by atoms with van der Waals surface area (Å²) >= 11 is 1.76. The normalized spacial score (nSPS) is 17.6. The molecule has 0 saturated carbocycles. The van der Waals surface area contributed by atoms with Crippen molar-refractivity contribution < 1.29 is 4.74 Å². The summed E-state index contributed by atoms with van der Waals surface area (Å²) in [4.78, 5) is 1.32. The molecule has 0 amide bonds. The molecule has 1 atom stereocenters. The highest BCUT2D eigenvalue weighted by Crippen LogP contribution is 2.37. The van der Waals surface area contributed by atoms with Crippen LogP contribution in [0.2, 0.25) is 0 Å². The summed E-state index contributed by atoms with van der Waals surface area (Å²) in [5.74, 6) is 0.903. The molecule has 116 valence electrons. The Balaban J connectivity index is 1.82. The van der Waals surface area contributed by atoms with Crippen molar-refractivity contribution >= 4 is 22.7 Å². The molecule has 0 aliphatic carbocycles. The van der Waals surface area contributed by atoms with Crippen LogP contribution in [-0.4, -0.2) is 18.9 Å². The average molecular weight is 315 g/mol. The summed E-state index contributed by atoms with van der Waals surface area (Å²) in [7, 11) is 0. The molecule has 1 unspecified atom stereocenters. The van der Waals surface area contributed by atoms with Gasteiger partial charge in [0.2, 0.25) is 0 Å². The second-order valence-corrected chi connectivity index (χ2v) is 6.27. The van der Waals surface area contributed by atoms with Crippen LogP contribution in [0.1, 0.15) is 30.7 Å². The minimum atomic E-state index is 0.251. The number of hydrogen-bond acceptors (Lipinski definition) is 5. The number of thiophene rings is 1. The minimum Gasteiger partial charge on any atom is -0.494 e. The molecule has 2 heterocycles.